The molecule has 0 saturated carbocycles. The number of benzene rings is 1. The lowest BCUT2D eigenvalue weighted by Gasteiger charge is -2.12. The quantitative estimate of drug-likeness (QED) is 0.921. The highest BCUT2D eigenvalue weighted by Crippen LogP contribution is 2.34. The van der Waals surface area contributed by atoms with Crippen molar-refractivity contribution in [3.63, 3.8) is 0 Å². The van der Waals surface area contributed by atoms with E-state index in [1.165, 1.54) is 0 Å². The van der Waals surface area contributed by atoms with Crippen LogP contribution in [0.15, 0.2) is 18.3 Å². The molecule has 1 aromatic carbocycles. The van der Waals surface area contributed by atoms with Crippen molar-refractivity contribution < 1.29 is 9.47 Å². The molecule has 0 saturated heterocycles. The molecule has 0 atom stereocenters. The zero-order valence-electron chi connectivity index (χ0n) is 12.0. The second kappa shape index (κ2) is 6.15. The summed E-state index contributed by atoms with van der Waals surface area (Å²) >= 11 is 6.11. The van der Waals surface area contributed by atoms with Crippen LogP contribution >= 0.6 is 11.6 Å². The number of ether oxygens (including phenoxy) is 2. The first kappa shape index (κ1) is 14.7. The monoisotopic (exact) mass is 295 g/mol. The largest absolute Gasteiger partial charge is 0.495 e. The van der Waals surface area contributed by atoms with Gasteiger partial charge in [0.1, 0.15) is 17.2 Å². The molecule has 20 heavy (non-hydrogen) atoms. The van der Waals surface area contributed by atoms with Gasteiger partial charge in [-0.05, 0) is 14.0 Å². The molecule has 0 spiro atoms. The van der Waals surface area contributed by atoms with E-state index in [1.807, 2.05) is 26.2 Å². The van der Waals surface area contributed by atoms with Crippen LogP contribution in [-0.4, -0.2) is 31.0 Å². The molecule has 108 valence electrons. The molecule has 1 N–H and O–H groups in total. The number of nitrogens with one attached hydrogen (secondary N) is 1. The highest BCUT2D eigenvalue weighted by Gasteiger charge is 2.14. The second-order valence-corrected chi connectivity index (χ2v) is 4.78. The molecule has 2 aromatic rings. The summed E-state index contributed by atoms with van der Waals surface area (Å²) < 4.78 is 12.4. The van der Waals surface area contributed by atoms with Crippen LogP contribution in [0.4, 0.5) is 0 Å². The van der Waals surface area contributed by atoms with E-state index in [0.717, 1.165) is 23.5 Å². The highest BCUT2D eigenvalue weighted by molar-refractivity contribution is 6.32. The van der Waals surface area contributed by atoms with Crippen molar-refractivity contribution in [3.05, 3.63) is 34.6 Å². The van der Waals surface area contributed by atoms with Gasteiger partial charge >= 0.3 is 0 Å². The van der Waals surface area contributed by atoms with Gasteiger partial charge in [-0.2, -0.15) is 5.10 Å². The van der Waals surface area contributed by atoms with E-state index >= 15 is 0 Å². The van der Waals surface area contributed by atoms with Crippen LogP contribution in [0, 0.1) is 6.92 Å². The van der Waals surface area contributed by atoms with Crippen molar-refractivity contribution in [2.75, 3.05) is 21.3 Å². The Hall–Kier alpha value is -1.72. The van der Waals surface area contributed by atoms with Crippen LogP contribution in [0.1, 0.15) is 11.3 Å². The van der Waals surface area contributed by atoms with Crippen LogP contribution < -0.4 is 14.8 Å². The third-order valence-electron chi connectivity index (χ3n) is 3.07. The maximum Gasteiger partial charge on any atom is 0.146 e. The van der Waals surface area contributed by atoms with Crippen LogP contribution in [0.25, 0.3) is 5.69 Å². The Morgan fingerprint density at radius 3 is 2.55 bits per heavy atom. The number of nitrogens with zero attached hydrogens (tertiary/aromatic N) is 2. The molecule has 0 aliphatic rings. The van der Waals surface area contributed by atoms with Crippen LogP contribution in [0.5, 0.6) is 11.5 Å². The summed E-state index contributed by atoms with van der Waals surface area (Å²) in [5.41, 5.74) is 2.89. The maximum atomic E-state index is 6.11. The van der Waals surface area contributed by atoms with Gasteiger partial charge in [0, 0.05) is 30.4 Å². The second-order valence-electron chi connectivity index (χ2n) is 4.37. The topological polar surface area (TPSA) is 48.3 Å². The molecule has 0 amide bonds. The molecule has 1 aromatic heterocycles. The fraction of sp³-hybridized carbons (Fsp3) is 0.357. The van der Waals surface area contributed by atoms with Gasteiger partial charge in [-0.1, -0.05) is 11.6 Å². The maximum absolute atomic E-state index is 6.11. The summed E-state index contributed by atoms with van der Waals surface area (Å²) in [4.78, 5) is 0. The number of hydrogen-bond acceptors (Lipinski definition) is 4. The van der Waals surface area contributed by atoms with Crippen LogP contribution in [0.3, 0.4) is 0 Å². The van der Waals surface area contributed by atoms with Gasteiger partial charge < -0.3 is 14.8 Å². The van der Waals surface area contributed by atoms with Crippen molar-refractivity contribution in [3.8, 4) is 17.2 Å². The molecule has 0 radical (unpaired) electrons. The van der Waals surface area contributed by atoms with E-state index in [2.05, 4.69) is 10.4 Å². The average molecular weight is 296 g/mol. The Bertz CT molecular complexity index is 611. The minimum absolute atomic E-state index is 0.507. The fourth-order valence-electron chi connectivity index (χ4n) is 2.01. The molecule has 0 aliphatic heterocycles. The standard InChI is InChI=1S/C14H18ClN3O2/c1-9-10(7-16-2)8-18(17-9)12-6-13(19-3)11(15)5-14(12)20-4/h5-6,8,16H,7H2,1-4H3. The van der Waals surface area contributed by atoms with E-state index in [1.54, 1.807) is 25.0 Å². The lowest BCUT2D eigenvalue weighted by atomic mass is 10.2. The van der Waals surface area contributed by atoms with E-state index in [0.29, 0.717) is 16.5 Å². The lowest BCUT2D eigenvalue weighted by Crippen LogP contribution is -2.05. The smallest absolute Gasteiger partial charge is 0.146 e. The molecular formula is C14H18ClN3O2. The Labute approximate surface area is 123 Å². The number of halogens is 1. The summed E-state index contributed by atoms with van der Waals surface area (Å²) in [6, 6.07) is 3.54. The summed E-state index contributed by atoms with van der Waals surface area (Å²) in [7, 11) is 5.09. The fourth-order valence-corrected chi connectivity index (χ4v) is 2.24. The number of aryl methyl sites for hydroxylation is 1. The van der Waals surface area contributed by atoms with Crippen molar-refractivity contribution in [1.82, 2.24) is 15.1 Å². The highest BCUT2D eigenvalue weighted by atomic mass is 35.5. The SMILES string of the molecule is CNCc1cn(-c2cc(OC)c(Cl)cc2OC)nc1C. The van der Waals surface area contributed by atoms with Gasteiger partial charge in [0.2, 0.25) is 0 Å². The van der Waals surface area contributed by atoms with Crippen molar-refractivity contribution in [1.29, 1.82) is 0 Å². The van der Waals surface area contributed by atoms with E-state index < -0.39 is 0 Å². The van der Waals surface area contributed by atoms with E-state index in [-0.39, 0.29) is 0 Å². The molecule has 1 heterocycles. The lowest BCUT2D eigenvalue weighted by molar-refractivity contribution is 0.400. The predicted octanol–water partition coefficient (Wildman–Crippen LogP) is 2.57. The van der Waals surface area contributed by atoms with Crippen molar-refractivity contribution in [2.45, 2.75) is 13.5 Å². The van der Waals surface area contributed by atoms with Gasteiger partial charge in [-0.3, -0.25) is 0 Å². The van der Waals surface area contributed by atoms with E-state index in [9.17, 15) is 0 Å². The van der Waals surface area contributed by atoms with Crippen molar-refractivity contribution in [2.24, 2.45) is 0 Å². The van der Waals surface area contributed by atoms with Crippen LogP contribution in [-0.2, 0) is 6.54 Å². The molecule has 0 fully saturated rings. The van der Waals surface area contributed by atoms with Gasteiger partial charge in [-0.15, -0.1) is 0 Å². The van der Waals surface area contributed by atoms with Crippen molar-refractivity contribution >= 4 is 11.6 Å². The number of hydrogen-bond donors (Lipinski definition) is 1. The van der Waals surface area contributed by atoms with Gasteiger partial charge in [0.25, 0.3) is 0 Å². The number of aromatic nitrogens is 2. The minimum atomic E-state index is 0.507. The zero-order valence-corrected chi connectivity index (χ0v) is 12.8. The predicted molar refractivity (Wildman–Crippen MR) is 79.2 cm³/mol. The Morgan fingerprint density at radius 2 is 1.95 bits per heavy atom. The molecule has 0 aliphatic carbocycles. The third kappa shape index (κ3) is 2.73. The number of methoxy groups -OCH3 is 2. The Balaban J connectivity index is 2.53. The third-order valence-corrected chi connectivity index (χ3v) is 3.36. The van der Waals surface area contributed by atoms with Gasteiger partial charge in [0.15, 0.2) is 0 Å². The molecule has 0 unspecified atom stereocenters. The normalized spacial score (nSPS) is 10.7. The molecule has 5 nitrogen and oxygen atoms in total. The summed E-state index contributed by atoms with van der Waals surface area (Å²) in [6.07, 6.45) is 1.97. The minimum Gasteiger partial charge on any atom is -0.495 e. The first-order chi connectivity index (χ1) is 9.60. The first-order valence-electron chi connectivity index (χ1n) is 6.22. The zero-order chi connectivity index (χ0) is 14.7. The molecule has 2 rings (SSSR count). The van der Waals surface area contributed by atoms with Gasteiger partial charge in [0.05, 0.1) is 24.9 Å². The summed E-state index contributed by atoms with van der Waals surface area (Å²) in [5, 5.41) is 8.14. The van der Waals surface area contributed by atoms with Crippen LogP contribution in [0.2, 0.25) is 5.02 Å². The summed E-state index contributed by atoms with van der Waals surface area (Å²) in [6.45, 7) is 2.74. The number of rotatable bonds is 5. The first-order valence-corrected chi connectivity index (χ1v) is 6.60. The molecular weight excluding hydrogens is 278 g/mol. The van der Waals surface area contributed by atoms with E-state index in [4.69, 9.17) is 21.1 Å². The van der Waals surface area contributed by atoms with Gasteiger partial charge in [-0.25, -0.2) is 4.68 Å². The summed E-state index contributed by atoms with van der Waals surface area (Å²) in [5.74, 6) is 1.24. The molecule has 0 bridgehead atoms. The molecule has 6 heteroatoms. The average Bonchev–Trinajstić information content (AvgIpc) is 2.80. The Kier molecular flexibility index (Phi) is 4.52. The Morgan fingerprint density at radius 1 is 1.25 bits per heavy atom.